The van der Waals surface area contributed by atoms with Gasteiger partial charge >= 0.3 is 5.97 Å². The second kappa shape index (κ2) is 5.39. The van der Waals surface area contributed by atoms with Gasteiger partial charge in [-0.1, -0.05) is 0 Å². The Balaban J connectivity index is 2.30. The van der Waals surface area contributed by atoms with Gasteiger partial charge in [-0.3, -0.25) is 9.79 Å². The molecule has 2 rings (SSSR count). The van der Waals surface area contributed by atoms with E-state index in [9.17, 15) is 9.59 Å². The van der Waals surface area contributed by atoms with E-state index in [1.54, 1.807) is 6.21 Å². The van der Waals surface area contributed by atoms with Crippen LogP contribution in [0.4, 0.5) is 0 Å². The van der Waals surface area contributed by atoms with Crippen LogP contribution in [0.2, 0.25) is 0 Å². The fourth-order valence-corrected chi connectivity index (χ4v) is 3.05. The Morgan fingerprint density at radius 3 is 3.06 bits per heavy atom. The minimum atomic E-state index is -0.366. The van der Waals surface area contributed by atoms with Gasteiger partial charge in [0, 0.05) is 28.9 Å². The molecule has 1 amide bonds. The summed E-state index contributed by atoms with van der Waals surface area (Å²) < 4.78 is 4.77. The summed E-state index contributed by atoms with van der Waals surface area (Å²) in [4.78, 5) is 28.0. The highest BCUT2D eigenvalue weighted by molar-refractivity contribution is 8.03. The summed E-state index contributed by atoms with van der Waals surface area (Å²) in [6.07, 6.45) is 3.96. The predicted octanol–water partition coefficient (Wildman–Crippen LogP) is 1.23. The topological polar surface area (TPSA) is 67.8 Å². The number of hydrogen-bond donors (Lipinski definition) is 1. The van der Waals surface area contributed by atoms with E-state index in [2.05, 4.69) is 10.3 Å². The van der Waals surface area contributed by atoms with Gasteiger partial charge in [-0.05, 0) is 13.3 Å². The Kier molecular flexibility index (Phi) is 3.86. The molecule has 0 aromatic rings. The Bertz CT molecular complexity index is 480. The number of esters is 1. The van der Waals surface area contributed by atoms with Crippen molar-refractivity contribution in [1.29, 1.82) is 0 Å². The highest BCUT2D eigenvalue weighted by Crippen LogP contribution is 2.37. The highest BCUT2D eigenvalue weighted by Gasteiger charge is 2.30. The van der Waals surface area contributed by atoms with Crippen LogP contribution in [-0.2, 0) is 14.3 Å². The molecule has 1 N–H and O–H groups in total. The van der Waals surface area contributed by atoms with E-state index in [1.165, 1.54) is 25.1 Å². The first-order valence-electron chi connectivity index (χ1n) is 5.57. The minimum Gasteiger partial charge on any atom is -0.466 e. The van der Waals surface area contributed by atoms with Crippen LogP contribution in [0.3, 0.4) is 0 Å². The summed E-state index contributed by atoms with van der Waals surface area (Å²) in [6, 6.07) is 0. The third-order valence-corrected chi connectivity index (χ3v) is 4.14. The van der Waals surface area contributed by atoms with Crippen LogP contribution in [0.15, 0.2) is 27.4 Å². The Morgan fingerprint density at radius 1 is 1.61 bits per heavy atom. The molecule has 18 heavy (non-hydrogen) atoms. The maximum Gasteiger partial charge on any atom is 0.335 e. The van der Waals surface area contributed by atoms with Crippen molar-refractivity contribution in [2.24, 2.45) is 10.9 Å². The SMILES string of the molecule is COC(=O)C1=CN=CCC1C1=C(C)NC(=O)CS1. The second-order valence-electron chi connectivity index (χ2n) is 4.02. The van der Waals surface area contributed by atoms with E-state index in [-0.39, 0.29) is 17.8 Å². The number of methoxy groups -OCH3 is 1. The van der Waals surface area contributed by atoms with Gasteiger partial charge in [0.2, 0.25) is 5.91 Å². The van der Waals surface area contributed by atoms with E-state index in [0.717, 1.165) is 10.6 Å². The van der Waals surface area contributed by atoms with Crippen LogP contribution < -0.4 is 5.32 Å². The van der Waals surface area contributed by atoms with E-state index >= 15 is 0 Å². The summed E-state index contributed by atoms with van der Waals surface area (Å²) in [5.74, 6) is -0.0566. The Hall–Kier alpha value is -1.56. The monoisotopic (exact) mass is 266 g/mol. The molecule has 0 aromatic heterocycles. The summed E-state index contributed by atoms with van der Waals surface area (Å²) in [6.45, 7) is 1.85. The first-order valence-corrected chi connectivity index (χ1v) is 6.55. The molecule has 0 bridgehead atoms. The number of nitrogens with zero attached hydrogens (tertiary/aromatic N) is 1. The minimum absolute atomic E-state index is 0.00526. The summed E-state index contributed by atoms with van der Waals surface area (Å²) in [5, 5.41) is 2.80. The van der Waals surface area contributed by atoms with E-state index in [1.807, 2.05) is 6.92 Å². The number of carbonyl (C=O) groups excluding carboxylic acids is 2. The van der Waals surface area contributed by atoms with E-state index in [4.69, 9.17) is 4.74 Å². The lowest BCUT2D eigenvalue weighted by Crippen LogP contribution is -2.31. The van der Waals surface area contributed by atoms with Crippen LogP contribution in [0.25, 0.3) is 0 Å². The number of nitrogens with one attached hydrogen (secondary N) is 1. The second-order valence-corrected chi connectivity index (χ2v) is 5.04. The Labute approximate surface area is 109 Å². The van der Waals surface area contributed by atoms with Crippen molar-refractivity contribution >= 4 is 29.9 Å². The molecular formula is C12H14N2O3S. The lowest BCUT2D eigenvalue weighted by molar-refractivity contribution is -0.136. The lowest BCUT2D eigenvalue weighted by Gasteiger charge is -2.26. The fraction of sp³-hybridized carbons (Fsp3) is 0.417. The molecule has 2 aliphatic rings. The van der Waals surface area contributed by atoms with Crippen LogP contribution in [-0.4, -0.2) is 31.0 Å². The average Bonchev–Trinajstić information content (AvgIpc) is 2.38. The molecule has 0 radical (unpaired) electrons. The third-order valence-electron chi connectivity index (χ3n) is 2.83. The van der Waals surface area contributed by atoms with Gasteiger partial charge in [-0.25, -0.2) is 4.79 Å². The first-order chi connectivity index (χ1) is 8.63. The van der Waals surface area contributed by atoms with Crippen LogP contribution in [0, 0.1) is 5.92 Å². The van der Waals surface area contributed by atoms with Crippen molar-refractivity contribution in [2.75, 3.05) is 12.9 Å². The average molecular weight is 266 g/mol. The molecule has 1 atom stereocenters. The van der Waals surface area contributed by atoms with Crippen molar-refractivity contribution in [3.8, 4) is 0 Å². The van der Waals surface area contributed by atoms with Gasteiger partial charge in [-0.2, -0.15) is 0 Å². The zero-order chi connectivity index (χ0) is 13.1. The molecule has 0 spiro atoms. The number of thioether (sulfide) groups is 1. The molecule has 0 saturated carbocycles. The largest absolute Gasteiger partial charge is 0.466 e. The molecule has 6 heteroatoms. The number of amides is 1. The molecular weight excluding hydrogens is 252 g/mol. The van der Waals surface area contributed by atoms with Crippen LogP contribution >= 0.6 is 11.8 Å². The number of rotatable bonds is 2. The Morgan fingerprint density at radius 2 is 2.39 bits per heavy atom. The van der Waals surface area contributed by atoms with Gasteiger partial charge in [0.25, 0.3) is 0 Å². The molecule has 0 saturated heterocycles. The van der Waals surface area contributed by atoms with Gasteiger partial charge in [0.1, 0.15) is 0 Å². The first kappa shape index (κ1) is 12.9. The van der Waals surface area contributed by atoms with Crippen molar-refractivity contribution < 1.29 is 14.3 Å². The van der Waals surface area contributed by atoms with E-state index in [0.29, 0.717) is 17.7 Å². The van der Waals surface area contributed by atoms with E-state index < -0.39 is 0 Å². The summed E-state index contributed by atoms with van der Waals surface area (Å²) in [5.41, 5.74) is 1.35. The third kappa shape index (κ3) is 2.48. The number of ether oxygens (including phenoxy) is 1. The molecule has 0 fully saturated rings. The van der Waals surface area contributed by atoms with Crippen molar-refractivity contribution in [1.82, 2.24) is 5.32 Å². The number of carbonyl (C=O) groups is 2. The highest BCUT2D eigenvalue weighted by atomic mass is 32.2. The van der Waals surface area contributed by atoms with Crippen LogP contribution in [0.5, 0.6) is 0 Å². The summed E-state index contributed by atoms with van der Waals surface area (Å²) >= 11 is 1.47. The zero-order valence-corrected chi connectivity index (χ0v) is 11.0. The molecule has 1 unspecified atom stereocenters. The molecule has 5 nitrogen and oxygen atoms in total. The standard InChI is InChI=1S/C12H14N2O3S/c1-7-11(18-6-10(15)14-7)8-3-4-13-5-9(8)12(16)17-2/h4-5,8H,3,6H2,1-2H3,(H,14,15). The molecule has 0 aliphatic carbocycles. The van der Waals surface area contributed by atoms with Crippen LogP contribution in [0.1, 0.15) is 13.3 Å². The number of hydrogen-bond acceptors (Lipinski definition) is 5. The number of allylic oxidation sites excluding steroid dienone is 2. The zero-order valence-electron chi connectivity index (χ0n) is 10.2. The van der Waals surface area contributed by atoms with Gasteiger partial charge in [-0.15, -0.1) is 11.8 Å². The molecule has 2 aliphatic heterocycles. The quantitative estimate of drug-likeness (QED) is 0.763. The van der Waals surface area contributed by atoms with Crippen molar-refractivity contribution in [3.63, 3.8) is 0 Å². The lowest BCUT2D eigenvalue weighted by atomic mass is 9.93. The van der Waals surface area contributed by atoms with Gasteiger partial charge in [0.15, 0.2) is 0 Å². The summed E-state index contributed by atoms with van der Waals surface area (Å²) in [7, 11) is 1.36. The normalized spacial score (nSPS) is 23.6. The smallest absolute Gasteiger partial charge is 0.335 e. The maximum absolute atomic E-state index is 11.7. The molecule has 2 heterocycles. The maximum atomic E-state index is 11.7. The van der Waals surface area contributed by atoms with Gasteiger partial charge in [0.05, 0.1) is 18.4 Å². The number of aliphatic imine (C=N–C) groups is 1. The van der Waals surface area contributed by atoms with Crippen molar-refractivity contribution in [2.45, 2.75) is 13.3 Å². The predicted molar refractivity (Wildman–Crippen MR) is 70.0 cm³/mol. The molecule has 96 valence electrons. The fourth-order valence-electron chi connectivity index (χ4n) is 2.00. The van der Waals surface area contributed by atoms with Gasteiger partial charge < -0.3 is 10.1 Å². The molecule has 0 aromatic carbocycles. The van der Waals surface area contributed by atoms with Crippen molar-refractivity contribution in [3.05, 3.63) is 22.4 Å².